The highest BCUT2D eigenvalue weighted by Gasteiger charge is 2.28. The largest absolute Gasteiger partial charge is 0.496 e. The smallest absolute Gasteiger partial charge is 0.123 e. The average Bonchev–Trinajstić information content (AvgIpc) is 2.32. The lowest BCUT2D eigenvalue weighted by Crippen LogP contribution is -2.45. The Labute approximate surface area is 113 Å². The molecule has 0 unspecified atom stereocenters. The Balaban J connectivity index is 1.82. The van der Waals surface area contributed by atoms with Crippen molar-refractivity contribution in [3.05, 3.63) is 28.8 Å². The Morgan fingerprint density at radius 3 is 2.83 bits per heavy atom. The van der Waals surface area contributed by atoms with E-state index in [-0.39, 0.29) is 0 Å². The summed E-state index contributed by atoms with van der Waals surface area (Å²) in [6.45, 7) is 3.63. The van der Waals surface area contributed by atoms with Gasteiger partial charge in [0.25, 0.3) is 0 Å². The maximum atomic E-state index is 6.00. The normalized spacial score (nSPS) is 22.6. The van der Waals surface area contributed by atoms with E-state index in [1.807, 2.05) is 25.1 Å². The molecule has 0 amide bonds. The maximum Gasteiger partial charge on any atom is 0.123 e. The van der Waals surface area contributed by atoms with Gasteiger partial charge in [-0.2, -0.15) is 0 Å². The lowest BCUT2D eigenvalue weighted by molar-refractivity contribution is -0.0102. The fourth-order valence-electron chi connectivity index (χ4n) is 2.24. The van der Waals surface area contributed by atoms with Gasteiger partial charge in [-0.25, -0.2) is 0 Å². The second kappa shape index (κ2) is 6.41. The van der Waals surface area contributed by atoms with E-state index in [4.69, 9.17) is 21.1 Å². The molecule has 3 nitrogen and oxygen atoms in total. The molecule has 18 heavy (non-hydrogen) atoms. The summed E-state index contributed by atoms with van der Waals surface area (Å²) in [4.78, 5) is 0. The summed E-state index contributed by atoms with van der Waals surface area (Å²) >= 11 is 6.00. The van der Waals surface area contributed by atoms with E-state index in [1.165, 1.54) is 0 Å². The van der Waals surface area contributed by atoms with Crippen LogP contribution in [0.2, 0.25) is 5.02 Å². The first kappa shape index (κ1) is 13.7. The molecule has 0 spiro atoms. The molecule has 1 aliphatic rings. The molecule has 0 bridgehead atoms. The van der Waals surface area contributed by atoms with Gasteiger partial charge in [-0.3, -0.25) is 0 Å². The van der Waals surface area contributed by atoms with Crippen molar-refractivity contribution >= 4 is 11.6 Å². The van der Waals surface area contributed by atoms with Gasteiger partial charge in [0, 0.05) is 29.8 Å². The minimum absolute atomic E-state index is 0.439. The van der Waals surface area contributed by atoms with Gasteiger partial charge in [-0.15, -0.1) is 0 Å². The second-order valence-electron chi connectivity index (χ2n) is 4.58. The molecule has 0 aliphatic heterocycles. The number of methoxy groups -OCH3 is 1. The van der Waals surface area contributed by atoms with Crippen molar-refractivity contribution in [3.8, 4) is 5.75 Å². The summed E-state index contributed by atoms with van der Waals surface area (Å²) in [5.41, 5.74) is 1.10. The van der Waals surface area contributed by atoms with Crippen LogP contribution in [0.4, 0.5) is 0 Å². The third-order valence-corrected chi connectivity index (χ3v) is 3.56. The molecular formula is C14H20ClNO2. The average molecular weight is 270 g/mol. The predicted octanol–water partition coefficient (Wildman–Crippen LogP) is 3.01. The molecule has 0 saturated heterocycles. The quantitative estimate of drug-likeness (QED) is 0.861. The van der Waals surface area contributed by atoms with Crippen LogP contribution in [0.25, 0.3) is 0 Å². The molecule has 0 atom stereocenters. The lowest BCUT2D eigenvalue weighted by Gasteiger charge is -2.35. The zero-order valence-electron chi connectivity index (χ0n) is 10.9. The Hall–Kier alpha value is -0.770. The van der Waals surface area contributed by atoms with E-state index in [1.54, 1.807) is 7.11 Å². The standard InChI is InChI=1S/C14H20ClNO2/c1-3-18-13-7-12(8-13)16-9-10-6-11(15)4-5-14(10)17-2/h4-6,12-13,16H,3,7-9H2,1-2H3. The van der Waals surface area contributed by atoms with Crippen LogP contribution in [-0.2, 0) is 11.3 Å². The minimum atomic E-state index is 0.439. The maximum absolute atomic E-state index is 6.00. The van der Waals surface area contributed by atoms with Crippen molar-refractivity contribution in [2.24, 2.45) is 0 Å². The first-order valence-electron chi connectivity index (χ1n) is 6.40. The molecule has 100 valence electrons. The van der Waals surface area contributed by atoms with E-state index < -0.39 is 0 Å². The molecule has 1 aromatic rings. The summed E-state index contributed by atoms with van der Waals surface area (Å²) in [6, 6.07) is 6.25. The number of ether oxygens (including phenoxy) is 2. The SMILES string of the molecule is CCOC1CC(NCc2cc(Cl)ccc2OC)C1. The van der Waals surface area contributed by atoms with Crippen molar-refractivity contribution in [3.63, 3.8) is 0 Å². The molecule has 1 aromatic carbocycles. The summed E-state index contributed by atoms with van der Waals surface area (Å²) in [7, 11) is 1.68. The van der Waals surface area contributed by atoms with Gasteiger partial charge in [0.05, 0.1) is 13.2 Å². The first-order chi connectivity index (χ1) is 8.72. The Morgan fingerprint density at radius 2 is 2.17 bits per heavy atom. The van der Waals surface area contributed by atoms with Gasteiger partial charge in [0.2, 0.25) is 0 Å². The Bertz CT molecular complexity index is 391. The highest BCUT2D eigenvalue weighted by molar-refractivity contribution is 6.30. The van der Waals surface area contributed by atoms with E-state index >= 15 is 0 Å². The number of rotatable bonds is 6. The van der Waals surface area contributed by atoms with Crippen LogP contribution in [0.1, 0.15) is 25.3 Å². The van der Waals surface area contributed by atoms with Crippen molar-refractivity contribution in [1.29, 1.82) is 0 Å². The highest BCUT2D eigenvalue weighted by Crippen LogP contribution is 2.26. The molecule has 0 aromatic heterocycles. The van der Waals surface area contributed by atoms with Crippen LogP contribution in [-0.4, -0.2) is 25.9 Å². The molecule has 2 rings (SSSR count). The van der Waals surface area contributed by atoms with Crippen LogP contribution in [0.5, 0.6) is 5.75 Å². The van der Waals surface area contributed by atoms with Crippen molar-refractivity contribution < 1.29 is 9.47 Å². The number of nitrogens with one attached hydrogen (secondary N) is 1. The van der Waals surface area contributed by atoms with Gasteiger partial charge in [0.1, 0.15) is 5.75 Å². The van der Waals surface area contributed by atoms with Gasteiger partial charge >= 0.3 is 0 Å². The predicted molar refractivity (Wildman–Crippen MR) is 73.3 cm³/mol. The third-order valence-electron chi connectivity index (χ3n) is 3.32. The molecule has 0 heterocycles. The first-order valence-corrected chi connectivity index (χ1v) is 6.78. The zero-order chi connectivity index (χ0) is 13.0. The van der Waals surface area contributed by atoms with E-state index in [0.29, 0.717) is 12.1 Å². The number of halogens is 1. The monoisotopic (exact) mass is 269 g/mol. The van der Waals surface area contributed by atoms with Crippen molar-refractivity contribution in [1.82, 2.24) is 5.32 Å². The molecule has 4 heteroatoms. The highest BCUT2D eigenvalue weighted by atomic mass is 35.5. The second-order valence-corrected chi connectivity index (χ2v) is 5.02. The summed E-state index contributed by atoms with van der Waals surface area (Å²) < 4.78 is 10.9. The molecule has 1 fully saturated rings. The molecular weight excluding hydrogens is 250 g/mol. The molecule has 1 saturated carbocycles. The Morgan fingerprint density at radius 1 is 1.39 bits per heavy atom. The zero-order valence-corrected chi connectivity index (χ0v) is 11.7. The fourth-order valence-corrected chi connectivity index (χ4v) is 2.44. The van der Waals surface area contributed by atoms with Crippen LogP contribution in [0, 0.1) is 0 Å². The van der Waals surface area contributed by atoms with E-state index in [9.17, 15) is 0 Å². The topological polar surface area (TPSA) is 30.5 Å². The van der Waals surface area contributed by atoms with Crippen molar-refractivity contribution in [2.75, 3.05) is 13.7 Å². The van der Waals surface area contributed by atoms with Crippen LogP contribution in [0.3, 0.4) is 0 Å². The summed E-state index contributed by atoms with van der Waals surface area (Å²) in [5.74, 6) is 0.882. The van der Waals surface area contributed by atoms with Gasteiger partial charge in [-0.05, 0) is 38.0 Å². The third kappa shape index (κ3) is 3.37. The van der Waals surface area contributed by atoms with Crippen molar-refractivity contribution in [2.45, 2.75) is 38.5 Å². The molecule has 1 aliphatic carbocycles. The van der Waals surface area contributed by atoms with Crippen LogP contribution in [0.15, 0.2) is 18.2 Å². The van der Waals surface area contributed by atoms with E-state index in [2.05, 4.69) is 5.32 Å². The number of benzene rings is 1. The number of hydrogen-bond donors (Lipinski definition) is 1. The van der Waals surface area contributed by atoms with Gasteiger partial charge in [0.15, 0.2) is 0 Å². The van der Waals surface area contributed by atoms with Crippen LogP contribution < -0.4 is 10.1 Å². The fraction of sp³-hybridized carbons (Fsp3) is 0.571. The Kier molecular flexibility index (Phi) is 4.87. The van der Waals surface area contributed by atoms with Crippen LogP contribution >= 0.6 is 11.6 Å². The minimum Gasteiger partial charge on any atom is -0.496 e. The summed E-state index contributed by atoms with van der Waals surface area (Å²) in [6.07, 6.45) is 2.63. The van der Waals surface area contributed by atoms with E-state index in [0.717, 1.165) is 42.3 Å². The lowest BCUT2D eigenvalue weighted by atomic mass is 9.89. The molecule has 0 radical (unpaired) electrons. The molecule has 1 N–H and O–H groups in total. The van der Waals surface area contributed by atoms with Gasteiger partial charge < -0.3 is 14.8 Å². The number of hydrogen-bond acceptors (Lipinski definition) is 3. The summed E-state index contributed by atoms with van der Waals surface area (Å²) in [5, 5.41) is 4.25. The van der Waals surface area contributed by atoms with Gasteiger partial charge in [-0.1, -0.05) is 11.6 Å².